The lowest BCUT2D eigenvalue weighted by Crippen LogP contribution is -2.37. The van der Waals surface area contributed by atoms with E-state index in [-0.39, 0.29) is 0 Å². The van der Waals surface area contributed by atoms with Crippen LogP contribution in [0.3, 0.4) is 0 Å². The number of nitrogens with zero attached hydrogens (tertiary/aromatic N) is 3. The van der Waals surface area contributed by atoms with Crippen molar-refractivity contribution in [3.05, 3.63) is 35.8 Å². The minimum Gasteiger partial charge on any atom is -0.493 e. The average molecular weight is 453 g/mol. The van der Waals surface area contributed by atoms with Gasteiger partial charge in [-0.2, -0.15) is 0 Å². The lowest BCUT2D eigenvalue weighted by atomic mass is 9.89. The number of fused-ring (bicyclic) bond motifs is 3. The van der Waals surface area contributed by atoms with Crippen molar-refractivity contribution < 1.29 is 23.7 Å². The molecular formula is C24H28N4O5. The van der Waals surface area contributed by atoms with Crippen LogP contribution in [0.2, 0.25) is 0 Å². The predicted octanol–water partition coefficient (Wildman–Crippen LogP) is 2.81. The van der Waals surface area contributed by atoms with Crippen molar-refractivity contribution in [3.63, 3.8) is 0 Å². The Labute approximate surface area is 192 Å². The third-order valence-electron chi connectivity index (χ3n) is 6.34. The van der Waals surface area contributed by atoms with Gasteiger partial charge in [0.2, 0.25) is 6.41 Å². The number of hydrogen-bond acceptors (Lipinski definition) is 7. The summed E-state index contributed by atoms with van der Waals surface area (Å²) in [6, 6.07) is 3.88. The Morgan fingerprint density at radius 2 is 2.21 bits per heavy atom. The lowest BCUT2D eigenvalue weighted by Gasteiger charge is -2.34. The van der Waals surface area contributed by atoms with Crippen LogP contribution < -0.4 is 10.1 Å². The molecule has 0 bridgehead atoms. The Morgan fingerprint density at radius 3 is 3.00 bits per heavy atom. The fourth-order valence-corrected chi connectivity index (χ4v) is 4.70. The van der Waals surface area contributed by atoms with Gasteiger partial charge in [-0.25, -0.2) is 9.97 Å². The van der Waals surface area contributed by atoms with E-state index in [1.54, 1.807) is 13.3 Å². The first-order valence-electron chi connectivity index (χ1n) is 11.2. The lowest BCUT2D eigenvalue weighted by molar-refractivity contribution is -0.105. The molecule has 1 atom stereocenters. The Balaban J connectivity index is 1.65. The molecule has 0 saturated carbocycles. The fourth-order valence-electron chi connectivity index (χ4n) is 4.70. The van der Waals surface area contributed by atoms with Crippen LogP contribution in [0.5, 0.6) is 5.75 Å². The normalized spacial score (nSPS) is 19.7. The molecule has 1 spiro atoms. The molecule has 2 aliphatic rings. The zero-order chi connectivity index (χ0) is 22.8. The average Bonchev–Trinajstić information content (AvgIpc) is 3.42. The first-order valence-corrected chi connectivity index (χ1v) is 11.2. The van der Waals surface area contributed by atoms with E-state index < -0.39 is 5.60 Å². The highest BCUT2D eigenvalue weighted by atomic mass is 16.6. The molecule has 0 radical (unpaired) electrons. The fraction of sp³-hybridized carbons (Fsp3) is 0.458. The van der Waals surface area contributed by atoms with Gasteiger partial charge in [-0.15, -0.1) is 0 Å². The molecule has 0 aliphatic carbocycles. The number of hydrogen-bond donors (Lipinski definition) is 1. The highest BCUT2D eigenvalue weighted by molar-refractivity contribution is 5.97. The number of ether oxygens (including phenoxy) is 4. The molecule has 1 amide bonds. The maximum atomic E-state index is 10.9. The topological polar surface area (TPSA) is 96.7 Å². The molecule has 0 aromatic carbocycles. The second-order valence-electron chi connectivity index (χ2n) is 8.43. The number of anilines is 1. The van der Waals surface area contributed by atoms with E-state index >= 15 is 0 Å². The maximum absolute atomic E-state index is 10.9. The van der Waals surface area contributed by atoms with Crippen LogP contribution in [0.15, 0.2) is 24.5 Å². The quantitative estimate of drug-likeness (QED) is 0.415. The zero-order valence-corrected chi connectivity index (χ0v) is 18.9. The Bertz CT molecular complexity index is 1170. The number of methoxy groups -OCH3 is 1. The summed E-state index contributed by atoms with van der Waals surface area (Å²) in [4.78, 5) is 20.4. The highest BCUT2D eigenvalue weighted by Crippen LogP contribution is 2.44. The molecule has 1 saturated heterocycles. The van der Waals surface area contributed by atoms with Crippen molar-refractivity contribution in [2.75, 3.05) is 45.5 Å². The molecule has 3 aromatic heterocycles. The maximum Gasteiger partial charge on any atom is 0.212 e. The van der Waals surface area contributed by atoms with Crippen LogP contribution in [-0.2, 0) is 38.1 Å². The van der Waals surface area contributed by atoms with E-state index in [2.05, 4.69) is 10.3 Å². The molecule has 9 nitrogen and oxygen atoms in total. The molecule has 3 aromatic rings. The number of aromatic nitrogens is 3. The minimum absolute atomic E-state index is 0.489. The van der Waals surface area contributed by atoms with Gasteiger partial charge in [-0.05, 0) is 6.07 Å². The van der Waals surface area contributed by atoms with Gasteiger partial charge in [0, 0.05) is 75.4 Å². The smallest absolute Gasteiger partial charge is 0.212 e. The van der Waals surface area contributed by atoms with Gasteiger partial charge in [0.15, 0.2) is 0 Å². The number of carbonyl (C=O) groups is 1. The zero-order valence-electron chi connectivity index (χ0n) is 18.9. The van der Waals surface area contributed by atoms with E-state index in [1.165, 1.54) is 0 Å². The molecule has 33 heavy (non-hydrogen) atoms. The van der Waals surface area contributed by atoms with E-state index in [4.69, 9.17) is 23.9 Å². The largest absolute Gasteiger partial charge is 0.493 e. The summed E-state index contributed by atoms with van der Waals surface area (Å²) >= 11 is 0. The summed E-state index contributed by atoms with van der Waals surface area (Å²) < 4.78 is 25.4. The van der Waals surface area contributed by atoms with Crippen LogP contribution in [0, 0.1) is 0 Å². The minimum atomic E-state index is -0.537. The first kappa shape index (κ1) is 21.8. The summed E-state index contributed by atoms with van der Waals surface area (Å²) in [7, 11) is 3.66. The van der Waals surface area contributed by atoms with Crippen LogP contribution in [0.4, 0.5) is 5.82 Å². The monoisotopic (exact) mass is 452 g/mol. The van der Waals surface area contributed by atoms with Crippen molar-refractivity contribution in [2.24, 2.45) is 7.05 Å². The van der Waals surface area contributed by atoms with Crippen molar-refractivity contribution in [2.45, 2.75) is 24.9 Å². The van der Waals surface area contributed by atoms with E-state index in [1.807, 2.05) is 29.9 Å². The summed E-state index contributed by atoms with van der Waals surface area (Å²) in [5.41, 5.74) is 4.14. The number of nitrogens with one attached hydrogen (secondary N) is 1. The second-order valence-corrected chi connectivity index (χ2v) is 8.43. The SMILES string of the molecule is COCCCOc1cc(-c2cn(C)c3cnc(NC=O)cc23)nc2c1CCOC21CCOC1. The third-order valence-corrected chi connectivity index (χ3v) is 6.34. The molecule has 174 valence electrons. The van der Waals surface area contributed by atoms with Crippen LogP contribution in [0.1, 0.15) is 24.1 Å². The summed E-state index contributed by atoms with van der Waals surface area (Å²) in [6.07, 6.45) is 6.72. The van der Waals surface area contributed by atoms with Gasteiger partial charge >= 0.3 is 0 Å². The van der Waals surface area contributed by atoms with Gasteiger partial charge in [0.25, 0.3) is 0 Å². The molecule has 5 heterocycles. The Hall–Kier alpha value is -3.01. The second kappa shape index (κ2) is 9.09. The van der Waals surface area contributed by atoms with Gasteiger partial charge in [0.1, 0.15) is 17.2 Å². The van der Waals surface area contributed by atoms with E-state index in [0.29, 0.717) is 45.3 Å². The van der Waals surface area contributed by atoms with Gasteiger partial charge in [-0.1, -0.05) is 0 Å². The Morgan fingerprint density at radius 1 is 1.30 bits per heavy atom. The number of amides is 1. The standard InChI is InChI=1S/C24H28N4O5/c1-28-13-18(17-10-22(26-15-29)25-12-20(17)28)19-11-21(32-7-3-6-30-2)16-4-8-33-24(23(16)27-19)5-9-31-14-24/h10-13,15H,3-9,14H2,1-2H3,(H,25,26,29). The molecule has 1 fully saturated rings. The molecule has 1 N–H and O–H groups in total. The van der Waals surface area contributed by atoms with E-state index in [0.717, 1.165) is 58.4 Å². The third kappa shape index (κ3) is 3.96. The number of rotatable bonds is 8. The molecular weight excluding hydrogens is 424 g/mol. The molecule has 9 heteroatoms. The van der Waals surface area contributed by atoms with Crippen LogP contribution in [0.25, 0.3) is 22.2 Å². The van der Waals surface area contributed by atoms with Crippen molar-refractivity contribution >= 4 is 23.1 Å². The summed E-state index contributed by atoms with van der Waals surface area (Å²) in [5, 5.41) is 3.58. The van der Waals surface area contributed by atoms with Gasteiger partial charge in [0.05, 0.1) is 42.9 Å². The van der Waals surface area contributed by atoms with Gasteiger partial charge < -0.3 is 28.8 Å². The molecule has 2 aliphatic heterocycles. The Kier molecular flexibility index (Phi) is 6.01. The number of carbonyl (C=O) groups excluding carboxylic acids is 1. The van der Waals surface area contributed by atoms with Crippen LogP contribution >= 0.6 is 0 Å². The van der Waals surface area contributed by atoms with Crippen LogP contribution in [-0.4, -0.2) is 61.1 Å². The summed E-state index contributed by atoms with van der Waals surface area (Å²) in [6.45, 7) is 2.96. The molecule has 1 unspecified atom stereocenters. The molecule has 5 rings (SSSR count). The van der Waals surface area contributed by atoms with Crippen molar-refractivity contribution in [3.8, 4) is 17.0 Å². The number of pyridine rings is 2. The van der Waals surface area contributed by atoms with E-state index in [9.17, 15) is 4.79 Å². The predicted molar refractivity (Wildman–Crippen MR) is 122 cm³/mol. The number of aryl methyl sites for hydroxylation is 1. The highest BCUT2D eigenvalue weighted by Gasteiger charge is 2.44. The van der Waals surface area contributed by atoms with Crippen molar-refractivity contribution in [1.82, 2.24) is 14.5 Å². The van der Waals surface area contributed by atoms with Gasteiger partial charge in [-0.3, -0.25) is 4.79 Å². The first-order chi connectivity index (χ1) is 16.1. The van der Waals surface area contributed by atoms with Crippen molar-refractivity contribution in [1.29, 1.82) is 0 Å². The summed E-state index contributed by atoms with van der Waals surface area (Å²) in [5.74, 6) is 1.32.